The lowest BCUT2D eigenvalue weighted by molar-refractivity contribution is 0.0221. The van der Waals surface area contributed by atoms with Gasteiger partial charge >= 0.3 is 12.1 Å². The van der Waals surface area contributed by atoms with Gasteiger partial charge in [0.2, 0.25) is 0 Å². The highest BCUT2D eigenvalue weighted by atomic mass is 16.6. The first-order valence-electron chi connectivity index (χ1n) is 6.73. The van der Waals surface area contributed by atoms with Crippen LogP contribution in [0.4, 0.5) is 4.79 Å². The average Bonchev–Trinajstić information content (AvgIpc) is 2.34. The fraction of sp³-hybridized carbons (Fsp3) is 0.467. The molecule has 0 spiro atoms. The van der Waals surface area contributed by atoms with Gasteiger partial charge in [0, 0.05) is 6.54 Å². The molecule has 0 saturated carbocycles. The van der Waals surface area contributed by atoms with E-state index < -0.39 is 17.7 Å². The van der Waals surface area contributed by atoms with Gasteiger partial charge < -0.3 is 19.8 Å². The number of carboxylic acid groups (broad SMARTS) is 1. The summed E-state index contributed by atoms with van der Waals surface area (Å²) in [6, 6.07) is 2.76. The van der Waals surface area contributed by atoms with E-state index in [1.807, 2.05) is 0 Å². The summed E-state index contributed by atoms with van der Waals surface area (Å²) >= 11 is 0. The lowest BCUT2D eigenvalue weighted by Crippen LogP contribution is -2.40. The van der Waals surface area contributed by atoms with Crippen LogP contribution in [0.5, 0.6) is 5.75 Å². The zero-order chi connectivity index (χ0) is 15.8. The van der Waals surface area contributed by atoms with E-state index in [9.17, 15) is 19.8 Å². The van der Waals surface area contributed by atoms with Crippen LogP contribution in [0.25, 0.3) is 0 Å². The standard InChI is InChI=1S/C15H19NO5/c1-15(2,3)21-14(20)16-5-4-9-6-10(17)7-11(13(18)19)12(9)8-16/h6-7,17H,4-5,8H2,1-3H3,(H,18,19). The molecule has 0 atom stereocenters. The predicted octanol–water partition coefficient (Wildman–Crippen LogP) is 2.38. The van der Waals surface area contributed by atoms with Gasteiger partial charge in [-0.1, -0.05) is 0 Å². The Morgan fingerprint density at radius 3 is 2.52 bits per heavy atom. The monoisotopic (exact) mass is 293 g/mol. The number of hydrogen-bond donors (Lipinski definition) is 2. The van der Waals surface area contributed by atoms with Crippen LogP contribution in [0.1, 0.15) is 42.3 Å². The molecule has 0 radical (unpaired) electrons. The van der Waals surface area contributed by atoms with Crippen molar-refractivity contribution in [1.82, 2.24) is 4.90 Å². The van der Waals surface area contributed by atoms with Gasteiger partial charge in [0.05, 0.1) is 12.1 Å². The first-order valence-corrected chi connectivity index (χ1v) is 6.73. The number of rotatable bonds is 1. The molecule has 0 fully saturated rings. The second-order valence-corrected chi connectivity index (χ2v) is 6.09. The largest absolute Gasteiger partial charge is 0.508 e. The number of aromatic hydroxyl groups is 1. The minimum absolute atomic E-state index is 0.0262. The summed E-state index contributed by atoms with van der Waals surface area (Å²) in [5.74, 6) is -1.19. The molecule has 0 unspecified atom stereocenters. The molecule has 6 nitrogen and oxygen atoms in total. The first-order chi connectivity index (χ1) is 9.67. The fourth-order valence-corrected chi connectivity index (χ4v) is 2.32. The topological polar surface area (TPSA) is 87.1 Å². The van der Waals surface area contributed by atoms with Gasteiger partial charge in [0.25, 0.3) is 0 Å². The number of carbonyl (C=O) groups is 2. The van der Waals surface area contributed by atoms with E-state index in [1.165, 1.54) is 11.0 Å². The third-order valence-electron chi connectivity index (χ3n) is 3.21. The molecule has 2 N–H and O–H groups in total. The summed E-state index contributed by atoms with van der Waals surface area (Å²) in [5.41, 5.74) is 0.741. The van der Waals surface area contributed by atoms with E-state index >= 15 is 0 Å². The number of ether oxygens (including phenoxy) is 1. The molecule has 1 aliphatic heterocycles. The number of carboxylic acids is 1. The Balaban J connectivity index is 2.27. The van der Waals surface area contributed by atoms with Crippen LogP contribution < -0.4 is 0 Å². The zero-order valence-corrected chi connectivity index (χ0v) is 12.3. The van der Waals surface area contributed by atoms with Crippen LogP contribution >= 0.6 is 0 Å². The number of phenolic OH excluding ortho intramolecular Hbond substituents is 1. The van der Waals surface area contributed by atoms with Crippen molar-refractivity contribution in [2.75, 3.05) is 6.54 Å². The number of benzene rings is 1. The van der Waals surface area contributed by atoms with Crippen LogP contribution in [0.15, 0.2) is 12.1 Å². The van der Waals surface area contributed by atoms with Gasteiger partial charge in [0.1, 0.15) is 11.4 Å². The Morgan fingerprint density at radius 1 is 1.29 bits per heavy atom. The van der Waals surface area contributed by atoms with E-state index in [2.05, 4.69) is 0 Å². The maximum Gasteiger partial charge on any atom is 0.410 e. The normalized spacial score (nSPS) is 14.5. The van der Waals surface area contributed by atoms with Gasteiger partial charge in [-0.2, -0.15) is 0 Å². The summed E-state index contributed by atoms with van der Waals surface area (Å²) in [6.07, 6.45) is 0.0288. The van der Waals surface area contributed by atoms with Crippen LogP contribution in [-0.2, 0) is 17.7 Å². The third-order valence-corrected chi connectivity index (χ3v) is 3.21. The molecular formula is C15H19NO5. The van der Waals surface area contributed by atoms with E-state index in [1.54, 1.807) is 26.8 Å². The molecule has 114 valence electrons. The van der Waals surface area contributed by atoms with Crippen molar-refractivity contribution in [2.45, 2.75) is 39.3 Å². The summed E-state index contributed by atoms with van der Waals surface area (Å²) in [6.45, 7) is 5.95. The molecule has 1 aliphatic rings. The van der Waals surface area contributed by atoms with Crippen molar-refractivity contribution < 1.29 is 24.5 Å². The van der Waals surface area contributed by atoms with Crippen LogP contribution in [0, 0.1) is 0 Å². The molecule has 1 aromatic rings. The van der Waals surface area contributed by atoms with E-state index in [4.69, 9.17) is 4.74 Å². The molecule has 1 amide bonds. The number of hydrogen-bond acceptors (Lipinski definition) is 4. The second kappa shape index (κ2) is 5.27. The Bertz CT molecular complexity index is 588. The van der Waals surface area contributed by atoms with Crippen molar-refractivity contribution in [2.24, 2.45) is 0 Å². The lowest BCUT2D eigenvalue weighted by Gasteiger charge is -2.31. The molecule has 0 aliphatic carbocycles. The molecule has 21 heavy (non-hydrogen) atoms. The van der Waals surface area contributed by atoms with Crippen LogP contribution in [0.3, 0.4) is 0 Å². The number of phenols is 1. The van der Waals surface area contributed by atoms with Crippen LogP contribution in [-0.4, -0.2) is 39.3 Å². The molecule has 6 heteroatoms. The van der Waals surface area contributed by atoms with Crippen molar-refractivity contribution >= 4 is 12.1 Å². The molecule has 2 rings (SSSR count). The van der Waals surface area contributed by atoms with E-state index in [-0.39, 0.29) is 17.9 Å². The second-order valence-electron chi connectivity index (χ2n) is 6.09. The minimum Gasteiger partial charge on any atom is -0.508 e. The average molecular weight is 293 g/mol. The number of aromatic carboxylic acids is 1. The summed E-state index contributed by atoms with van der Waals surface area (Å²) in [7, 11) is 0. The highest BCUT2D eigenvalue weighted by molar-refractivity contribution is 5.90. The Kier molecular flexibility index (Phi) is 3.80. The fourth-order valence-electron chi connectivity index (χ4n) is 2.32. The molecule has 1 heterocycles. The van der Waals surface area contributed by atoms with E-state index in [0.717, 1.165) is 5.56 Å². The Morgan fingerprint density at radius 2 is 1.95 bits per heavy atom. The Labute approximate surface area is 122 Å². The number of nitrogens with zero attached hydrogens (tertiary/aromatic N) is 1. The van der Waals surface area contributed by atoms with Gasteiger partial charge in [-0.25, -0.2) is 9.59 Å². The summed E-state index contributed by atoms with van der Waals surface area (Å²) in [4.78, 5) is 24.8. The van der Waals surface area contributed by atoms with Gasteiger partial charge in [-0.15, -0.1) is 0 Å². The minimum atomic E-state index is -1.12. The lowest BCUT2D eigenvalue weighted by atomic mass is 9.94. The molecule has 0 bridgehead atoms. The first kappa shape index (κ1) is 15.2. The predicted molar refractivity (Wildman–Crippen MR) is 75.4 cm³/mol. The maximum absolute atomic E-state index is 12.1. The van der Waals surface area contributed by atoms with Gasteiger partial charge in [-0.05, 0) is 50.5 Å². The van der Waals surface area contributed by atoms with Crippen LogP contribution in [0.2, 0.25) is 0 Å². The van der Waals surface area contributed by atoms with Gasteiger partial charge in [0.15, 0.2) is 0 Å². The summed E-state index contributed by atoms with van der Waals surface area (Å²) < 4.78 is 5.31. The van der Waals surface area contributed by atoms with Crippen molar-refractivity contribution in [1.29, 1.82) is 0 Å². The number of carbonyl (C=O) groups excluding carboxylic acids is 1. The van der Waals surface area contributed by atoms with Gasteiger partial charge in [-0.3, -0.25) is 0 Å². The third kappa shape index (κ3) is 3.45. The molecule has 0 saturated heterocycles. The SMILES string of the molecule is CC(C)(C)OC(=O)N1CCc2cc(O)cc(C(=O)O)c2C1. The molecular weight excluding hydrogens is 274 g/mol. The van der Waals surface area contributed by atoms with Crippen molar-refractivity contribution in [3.05, 3.63) is 28.8 Å². The van der Waals surface area contributed by atoms with Crippen molar-refractivity contribution in [3.8, 4) is 5.75 Å². The summed E-state index contributed by atoms with van der Waals surface area (Å²) in [5, 5.41) is 18.8. The number of fused-ring (bicyclic) bond motifs is 1. The quantitative estimate of drug-likeness (QED) is 0.830. The highest BCUT2D eigenvalue weighted by Gasteiger charge is 2.28. The Hall–Kier alpha value is -2.24. The number of amides is 1. The smallest absolute Gasteiger partial charge is 0.410 e. The molecule has 0 aromatic heterocycles. The zero-order valence-electron chi connectivity index (χ0n) is 12.3. The van der Waals surface area contributed by atoms with E-state index in [0.29, 0.717) is 18.5 Å². The maximum atomic E-state index is 12.1. The molecule has 1 aromatic carbocycles. The highest BCUT2D eigenvalue weighted by Crippen LogP contribution is 2.28. The van der Waals surface area contributed by atoms with Crippen molar-refractivity contribution in [3.63, 3.8) is 0 Å².